The number of aromatic nitrogens is 2. The molecule has 0 radical (unpaired) electrons. The van der Waals surface area contributed by atoms with E-state index in [0.717, 1.165) is 77.0 Å². The van der Waals surface area contributed by atoms with Crippen molar-refractivity contribution < 1.29 is 0 Å². The molecule has 1 N–H and O–H groups in total. The Morgan fingerprint density at radius 3 is 1.29 bits per heavy atom. The number of unbranched alkanes of at least 4 members (excludes halogenated alkanes) is 3. The van der Waals surface area contributed by atoms with E-state index in [2.05, 4.69) is 46.9 Å². The SMILES string of the molecule is CCCCC(CC)CNc1c2c(=O)n(CC(CC)CCCC)c(=O)c2c(Cl)c2c(=O)n(CC(CC)CCCC)c(=O)c12. The molecular formula is C34H52ClN3O4. The van der Waals surface area contributed by atoms with Gasteiger partial charge in [-0.25, -0.2) is 0 Å². The van der Waals surface area contributed by atoms with Gasteiger partial charge in [0.15, 0.2) is 0 Å². The van der Waals surface area contributed by atoms with Gasteiger partial charge in [-0.2, -0.15) is 0 Å². The highest BCUT2D eigenvalue weighted by atomic mass is 35.5. The third kappa shape index (κ3) is 7.03. The minimum absolute atomic E-state index is 0.0616. The summed E-state index contributed by atoms with van der Waals surface area (Å²) in [4.78, 5) is 55.7. The molecule has 0 saturated carbocycles. The van der Waals surface area contributed by atoms with Gasteiger partial charge in [-0.15, -0.1) is 0 Å². The number of nitrogens with one attached hydrogen (secondary N) is 1. The first-order valence-corrected chi connectivity index (χ1v) is 16.9. The molecule has 234 valence electrons. The van der Waals surface area contributed by atoms with Crippen LogP contribution in [-0.2, 0) is 13.1 Å². The first-order chi connectivity index (χ1) is 20.2. The molecule has 0 aliphatic carbocycles. The lowest BCUT2D eigenvalue weighted by atomic mass is 9.98. The van der Waals surface area contributed by atoms with Gasteiger partial charge in [-0.3, -0.25) is 28.3 Å². The number of fused-ring (bicyclic) bond motifs is 2. The second kappa shape index (κ2) is 15.9. The van der Waals surface area contributed by atoms with Crippen LogP contribution < -0.4 is 27.6 Å². The van der Waals surface area contributed by atoms with E-state index < -0.39 is 22.2 Å². The summed E-state index contributed by atoms with van der Waals surface area (Å²) < 4.78 is 2.58. The van der Waals surface area contributed by atoms with Crippen molar-refractivity contribution in [2.45, 2.75) is 132 Å². The first-order valence-electron chi connectivity index (χ1n) is 16.6. The summed E-state index contributed by atoms with van der Waals surface area (Å²) in [6.45, 7) is 13.8. The van der Waals surface area contributed by atoms with Crippen molar-refractivity contribution >= 4 is 38.8 Å². The van der Waals surface area contributed by atoms with Crippen LogP contribution in [-0.4, -0.2) is 15.7 Å². The summed E-state index contributed by atoms with van der Waals surface area (Å²) >= 11 is 6.86. The van der Waals surface area contributed by atoms with Crippen molar-refractivity contribution in [3.63, 3.8) is 0 Å². The number of rotatable bonds is 19. The molecule has 3 aromatic rings. The molecule has 0 saturated heterocycles. The molecule has 0 bridgehead atoms. The molecule has 3 unspecified atom stereocenters. The Hall–Kier alpha value is -2.41. The van der Waals surface area contributed by atoms with Crippen molar-refractivity contribution in [1.82, 2.24) is 9.13 Å². The topological polar surface area (TPSA) is 90.2 Å². The second-order valence-corrected chi connectivity index (χ2v) is 12.6. The Morgan fingerprint density at radius 1 is 0.571 bits per heavy atom. The van der Waals surface area contributed by atoms with Crippen molar-refractivity contribution in [3.8, 4) is 0 Å². The van der Waals surface area contributed by atoms with E-state index in [1.165, 1.54) is 9.13 Å². The minimum Gasteiger partial charge on any atom is -0.383 e. The molecule has 8 heteroatoms. The minimum atomic E-state index is -0.466. The highest BCUT2D eigenvalue weighted by Gasteiger charge is 2.29. The maximum Gasteiger partial charge on any atom is 0.263 e. The number of hydrogen-bond donors (Lipinski definition) is 1. The number of anilines is 1. The Bertz CT molecular complexity index is 1430. The van der Waals surface area contributed by atoms with Gasteiger partial charge in [0.1, 0.15) is 0 Å². The molecule has 7 nitrogen and oxygen atoms in total. The first kappa shape index (κ1) is 34.1. The van der Waals surface area contributed by atoms with Gasteiger partial charge in [0, 0.05) is 19.6 Å². The Labute approximate surface area is 255 Å². The van der Waals surface area contributed by atoms with Crippen LogP contribution in [0.4, 0.5) is 5.69 Å². The molecule has 0 fully saturated rings. The average Bonchev–Trinajstić information content (AvgIpc) is 3.39. The third-order valence-corrected chi connectivity index (χ3v) is 9.73. The zero-order valence-corrected chi connectivity index (χ0v) is 27.5. The van der Waals surface area contributed by atoms with Gasteiger partial charge in [0.05, 0.1) is 32.3 Å². The highest BCUT2D eigenvalue weighted by molar-refractivity contribution is 6.42. The van der Waals surface area contributed by atoms with Gasteiger partial charge in [0.25, 0.3) is 22.2 Å². The van der Waals surface area contributed by atoms with E-state index >= 15 is 0 Å². The molecule has 3 atom stereocenters. The Kier molecular flexibility index (Phi) is 12.9. The number of benzene rings is 1. The van der Waals surface area contributed by atoms with Gasteiger partial charge >= 0.3 is 0 Å². The van der Waals surface area contributed by atoms with Crippen molar-refractivity contribution in [1.29, 1.82) is 0 Å². The number of nitrogens with zero attached hydrogens (tertiary/aromatic N) is 2. The third-order valence-electron chi connectivity index (χ3n) is 9.35. The fraction of sp³-hybridized carbons (Fsp3) is 0.706. The molecule has 42 heavy (non-hydrogen) atoms. The van der Waals surface area contributed by atoms with Crippen LogP contribution in [0.25, 0.3) is 21.5 Å². The fourth-order valence-electron chi connectivity index (χ4n) is 6.32. The lowest BCUT2D eigenvalue weighted by Crippen LogP contribution is -2.30. The number of halogens is 1. The maximum atomic E-state index is 14.0. The maximum absolute atomic E-state index is 14.0. The van der Waals surface area contributed by atoms with E-state index in [1.54, 1.807) is 0 Å². The summed E-state index contributed by atoms with van der Waals surface area (Å²) in [5, 5.41) is 3.80. The Morgan fingerprint density at radius 2 is 0.929 bits per heavy atom. The van der Waals surface area contributed by atoms with Crippen LogP contribution in [0.15, 0.2) is 19.2 Å². The zero-order valence-electron chi connectivity index (χ0n) is 26.7. The predicted molar refractivity (Wildman–Crippen MR) is 178 cm³/mol. The summed E-state index contributed by atoms with van der Waals surface area (Å²) in [6.07, 6.45) is 11.8. The highest BCUT2D eigenvalue weighted by Crippen LogP contribution is 2.35. The summed E-state index contributed by atoms with van der Waals surface area (Å²) in [7, 11) is 0. The van der Waals surface area contributed by atoms with Crippen LogP contribution >= 0.6 is 11.6 Å². The monoisotopic (exact) mass is 601 g/mol. The molecule has 0 aliphatic heterocycles. The Balaban J connectivity index is 2.30. The largest absolute Gasteiger partial charge is 0.383 e. The van der Waals surface area contributed by atoms with Crippen LogP contribution in [0.3, 0.4) is 0 Å². The van der Waals surface area contributed by atoms with Gasteiger partial charge in [-0.05, 0) is 37.0 Å². The molecule has 0 aliphatic rings. The summed E-state index contributed by atoms with van der Waals surface area (Å²) in [6, 6.07) is 0. The molecule has 0 amide bonds. The van der Waals surface area contributed by atoms with Crippen molar-refractivity contribution in [3.05, 3.63) is 46.4 Å². The van der Waals surface area contributed by atoms with Gasteiger partial charge < -0.3 is 5.32 Å². The average molecular weight is 602 g/mol. The zero-order chi connectivity index (χ0) is 31.0. The van der Waals surface area contributed by atoms with E-state index in [4.69, 9.17) is 11.6 Å². The van der Waals surface area contributed by atoms with Crippen LogP contribution in [0.1, 0.15) is 119 Å². The molecule has 0 spiro atoms. The molecule has 2 aromatic heterocycles. The summed E-state index contributed by atoms with van der Waals surface area (Å²) in [5.74, 6) is 0.691. The standard InChI is InChI=1S/C34H52ClN3O4/c1-7-13-16-22(10-4)19-36-30-27-25(31(39)37(33(27)41)20-23(11-5)17-14-8-2)29(35)26-28(30)34(42)38(32(26)40)21-24(12-6)18-15-9-3/h22-24,36H,7-21H2,1-6H3. The molecule has 2 heterocycles. The molecule has 3 rings (SSSR count). The van der Waals surface area contributed by atoms with E-state index in [9.17, 15) is 19.2 Å². The smallest absolute Gasteiger partial charge is 0.263 e. The summed E-state index contributed by atoms with van der Waals surface area (Å²) in [5.41, 5.74) is -1.47. The fourth-order valence-corrected chi connectivity index (χ4v) is 6.67. The van der Waals surface area contributed by atoms with Crippen molar-refractivity contribution in [2.75, 3.05) is 11.9 Å². The second-order valence-electron chi connectivity index (χ2n) is 12.3. The van der Waals surface area contributed by atoms with Crippen LogP contribution in [0.2, 0.25) is 5.02 Å². The van der Waals surface area contributed by atoms with E-state index in [1.807, 2.05) is 0 Å². The van der Waals surface area contributed by atoms with E-state index in [0.29, 0.717) is 31.2 Å². The molecular weight excluding hydrogens is 550 g/mol. The lowest BCUT2D eigenvalue weighted by Gasteiger charge is -2.17. The van der Waals surface area contributed by atoms with Gasteiger partial charge in [0.2, 0.25) is 0 Å². The van der Waals surface area contributed by atoms with Gasteiger partial charge in [-0.1, -0.05) is 111 Å². The van der Waals surface area contributed by atoms with E-state index in [-0.39, 0.29) is 38.4 Å². The number of hydrogen-bond acceptors (Lipinski definition) is 5. The van der Waals surface area contributed by atoms with Crippen molar-refractivity contribution in [2.24, 2.45) is 17.8 Å². The molecule has 1 aromatic carbocycles. The predicted octanol–water partition coefficient (Wildman–Crippen LogP) is 7.63. The lowest BCUT2D eigenvalue weighted by molar-refractivity contribution is 0.384. The van der Waals surface area contributed by atoms with Crippen LogP contribution in [0.5, 0.6) is 0 Å². The normalized spacial score (nSPS) is 14.2. The quantitative estimate of drug-likeness (QED) is 0.153. The van der Waals surface area contributed by atoms with Crippen LogP contribution in [0, 0.1) is 17.8 Å².